The molecule has 128 valence electrons. The van der Waals surface area contributed by atoms with Gasteiger partial charge in [-0.15, -0.1) is 11.5 Å². The molecule has 0 amide bonds. The predicted molar refractivity (Wildman–Crippen MR) is 97.6 cm³/mol. The van der Waals surface area contributed by atoms with Crippen LogP contribution in [0.2, 0.25) is 19.6 Å². The van der Waals surface area contributed by atoms with Gasteiger partial charge in [-0.3, -0.25) is 0 Å². The molecule has 4 nitrogen and oxygen atoms in total. The molecule has 0 aliphatic rings. The summed E-state index contributed by atoms with van der Waals surface area (Å²) in [6.07, 6.45) is 2.35. The molecule has 5 heteroatoms. The molecule has 0 aromatic carbocycles. The van der Waals surface area contributed by atoms with Gasteiger partial charge in [-0.05, 0) is 41.5 Å². The fraction of sp³-hybridized carbons (Fsp3) is 0.667. The highest BCUT2D eigenvalue weighted by molar-refractivity contribution is 6.83. The summed E-state index contributed by atoms with van der Waals surface area (Å²) in [4.78, 5) is 8.75. The summed E-state index contributed by atoms with van der Waals surface area (Å²) in [5.74, 6) is 3.80. The summed E-state index contributed by atoms with van der Waals surface area (Å²) in [6.45, 7) is 18.6. The second-order valence-electron chi connectivity index (χ2n) is 8.64. The van der Waals surface area contributed by atoms with Crippen LogP contribution in [0, 0.1) is 11.5 Å². The van der Waals surface area contributed by atoms with Crippen LogP contribution in [0.5, 0.6) is 11.9 Å². The van der Waals surface area contributed by atoms with Gasteiger partial charge in [0.05, 0.1) is 0 Å². The molecule has 1 rings (SSSR count). The third kappa shape index (κ3) is 8.61. The Morgan fingerprint density at radius 2 is 1.57 bits per heavy atom. The van der Waals surface area contributed by atoms with Gasteiger partial charge in [0.2, 0.25) is 5.88 Å². The molecule has 0 fully saturated rings. The Balaban J connectivity index is 3.10. The number of aromatic nitrogens is 2. The van der Waals surface area contributed by atoms with Crippen LogP contribution in [0.25, 0.3) is 0 Å². The summed E-state index contributed by atoms with van der Waals surface area (Å²) in [7, 11) is -1.39. The topological polar surface area (TPSA) is 44.2 Å². The summed E-state index contributed by atoms with van der Waals surface area (Å²) in [5.41, 5.74) is 3.57. The van der Waals surface area contributed by atoms with Crippen LogP contribution in [0.1, 0.15) is 47.1 Å². The van der Waals surface area contributed by atoms with E-state index in [0.29, 0.717) is 18.3 Å². The van der Waals surface area contributed by atoms with Gasteiger partial charge in [-0.1, -0.05) is 19.6 Å². The van der Waals surface area contributed by atoms with Crippen LogP contribution >= 0.6 is 0 Å². The summed E-state index contributed by atoms with van der Waals surface area (Å²) >= 11 is 0. The lowest BCUT2D eigenvalue weighted by Gasteiger charge is -2.23. The van der Waals surface area contributed by atoms with Crippen LogP contribution in [0.3, 0.4) is 0 Å². The number of rotatable bonds is 3. The minimum absolute atomic E-state index is 0.332. The molecule has 1 heterocycles. The minimum atomic E-state index is -1.39. The van der Waals surface area contributed by atoms with Crippen molar-refractivity contribution in [3.8, 4) is 23.4 Å². The zero-order valence-corrected chi connectivity index (χ0v) is 17.0. The molecule has 0 N–H and O–H groups in total. The molecule has 0 radical (unpaired) electrons. The van der Waals surface area contributed by atoms with E-state index in [4.69, 9.17) is 9.47 Å². The van der Waals surface area contributed by atoms with Crippen LogP contribution in [0.15, 0.2) is 6.20 Å². The first kappa shape index (κ1) is 19.5. The molecule has 1 aromatic heterocycles. The van der Waals surface area contributed by atoms with Gasteiger partial charge in [0.1, 0.15) is 19.3 Å². The fourth-order valence-electron chi connectivity index (χ4n) is 1.60. The molecule has 0 spiro atoms. The standard InChI is InChI=1S/C18H30N2O2Si/c1-17(2,3)21-15-14(11-10-12-23(7,8)9)13-19-16(20-15)22-18(4,5)6/h13H,11H2,1-9H3. The third-order valence-electron chi connectivity index (χ3n) is 2.35. The van der Waals surface area contributed by atoms with E-state index in [1.54, 1.807) is 6.20 Å². The van der Waals surface area contributed by atoms with Crippen molar-refractivity contribution in [3.63, 3.8) is 0 Å². The van der Waals surface area contributed by atoms with Gasteiger partial charge in [0.25, 0.3) is 0 Å². The van der Waals surface area contributed by atoms with Crippen LogP contribution in [0.4, 0.5) is 0 Å². The van der Waals surface area contributed by atoms with E-state index in [9.17, 15) is 0 Å². The summed E-state index contributed by atoms with van der Waals surface area (Å²) < 4.78 is 11.7. The normalized spacial score (nSPS) is 12.4. The maximum atomic E-state index is 5.98. The molecule has 23 heavy (non-hydrogen) atoms. The number of nitrogens with zero attached hydrogens (tertiary/aromatic N) is 2. The second-order valence-corrected chi connectivity index (χ2v) is 13.4. The molecule has 0 atom stereocenters. The Morgan fingerprint density at radius 3 is 2.04 bits per heavy atom. The minimum Gasteiger partial charge on any atom is -0.472 e. The lowest BCUT2D eigenvalue weighted by Crippen LogP contribution is -2.26. The molecular weight excluding hydrogens is 304 g/mol. The van der Waals surface area contributed by atoms with E-state index in [1.165, 1.54) is 0 Å². The van der Waals surface area contributed by atoms with Gasteiger partial charge >= 0.3 is 6.01 Å². The van der Waals surface area contributed by atoms with Crippen molar-refractivity contribution in [3.05, 3.63) is 11.8 Å². The Bertz CT molecular complexity index is 597. The fourth-order valence-corrected chi connectivity index (χ4v) is 2.22. The van der Waals surface area contributed by atoms with E-state index in [0.717, 1.165) is 5.56 Å². The zero-order chi connectivity index (χ0) is 17.9. The van der Waals surface area contributed by atoms with E-state index in [-0.39, 0.29) is 11.2 Å². The van der Waals surface area contributed by atoms with Gasteiger partial charge in [0.15, 0.2) is 0 Å². The largest absolute Gasteiger partial charge is 0.472 e. The van der Waals surface area contributed by atoms with Crippen molar-refractivity contribution in [1.82, 2.24) is 9.97 Å². The van der Waals surface area contributed by atoms with Crippen molar-refractivity contribution in [2.24, 2.45) is 0 Å². The molecule has 0 saturated heterocycles. The second kappa shape index (κ2) is 6.92. The first-order valence-corrected chi connectivity index (χ1v) is 11.5. The van der Waals surface area contributed by atoms with Crippen molar-refractivity contribution in [1.29, 1.82) is 0 Å². The number of ether oxygens (including phenoxy) is 2. The molecule has 0 unspecified atom stereocenters. The Labute approximate surface area is 142 Å². The number of hydrogen-bond acceptors (Lipinski definition) is 4. The highest BCUT2D eigenvalue weighted by atomic mass is 28.3. The van der Waals surface area contributed by atoms with E-state index in [1.807, 2.05) is 41.5 Å². The Morgan fingerprint density at radius 1 is 1.00 bits per heavy atom. The highest BCUT2D eigenvalue weighted by Crippen LogP contribution is 2.24. The van der Waals surface area contributed by atoms with E-state index < -0.39 is 8.07 Å². The maximum absolute atomic E-state index is 5.98. The lowest BCUT2D eigenvalue weighted by molar-refractivity contribution is 0.102. The first-order chi connectivity index (χ1) is 10.3. The third-order valence-corrected chi connectivity index (χ3v) is 3.27. The van der Waals surface area contributed by atoms with Crippen LogP contribution < -0.4 is 9.47 Å². The smallest absolute Gasteiger partial charge is 0.320 e. The van der Waals surface area contributed by atoms with Crippen molar-refractivity contribution in [2.75, 3.05) is 0 Å². The van der Waals surface area contributed by atoms with Gasteiger partial charge in [0, 0.05) is 18.2 Å². The van der Waals surface area contributed by atoms with Crippen LogP contribution in [-0.4, -0.2) is 29.2 Å². The molecule has 0 aliphatic heterocycles. The molecule has 0 saturated carbocycles. The summed E-state index contributed by atoms with van der Waals surface area (Å²) in [5, 5.41) is 0. The van der Waals surface area contributed by atoms with Crippen LogP contribution in [-0.2, 0) is 6.42 Å². The summed E-state index contributed by atoms with van der Waals surface area (Å²) in [6, 6.07) is 0.332. The molecular formula is C18H30N2O2Si. The SMILES string of the molecule is CC(C)(C)Oc1ncc(CC#C[Si](C)(C)C)c(OC(C)(C)C)n1. The first-order valence-electron chi connectivity index (χ1n) is 7.99. The predicted octanol–water partition coefficient (Wildman–Crippen LogP) is 4.25. The average Bonchev–Trinajstić information content (AvgIpc) is 2.26. The molecule has 1 aromatic rings. The quantitative estimate of drug-likeness (QED) is 0.612. The van der Waals surface area contributed by atoms with E-state index >= 15 is 0 Å². The zero-order valence-electron chi connectivity index (χ0n) is 16.0. The van der Waals surface area contributed by atoms with Gasteiger partial charge in [-0.25, -0.2) is 4.98 Å². The monoisotopic (exact) mass is 334 g/mol. The molecule has 0 bridgehead atoms. The van der Waals surface area contributed by atoms with E-state index in [2.05, 4.69) is 41.1 Å². The molecule has 0 aliphatic carbocycles. The van der Waals surface area contributed by atoms with Crippen molar-refractivity contribution in [2.45, 2.75) is 78.8 Å². The number of hydrogen-bond donors (Lipinski definition) is 0. The Kier molecular flexibility index (Phi) is 5.87. The maximum Gasteiger partial charge on any atom is 0.320 e. The van der Waals surface area contributed by atoms with Crippen molar-refractivity contribution < 1.29 is 9.47 Å². The average molecular weight is 335 g/mol. The highest BCUT2D eigenvalue weighted by Gasteiger charge is 2.20. The van der Waals surface area contributed by atoms with Crippen molar-refractivity contribution >= 4 is 8.07 Å². The van der Waals surface area contributed by atoms with Gasteiger partial charge in [-0.2, -0.15) is 4.98 Å². The lowest BCUT2D eigenvalue weighted by atomic mass is 10.2. The van der Waals surface area contributed by atoms with Gasteiger partial charge < -0.3 is 9.47 Å². The Hall–Kier alpha value is -1.54.